The zero-order valence-corrected chi connectivity index (χ0v) is 12.9. The second-order valence-corrected chi connectivity index (χ2v) is 5.66. The van der Waals surface area contributed by atoms with Gasteiger partial charge in [0.1, 0.15) is 6.61 Å². The van der Waals surface area contributed by atoms with Crippen molar-refractivity contribution < 1.29 is 4.74 Å². The average molecular weight is 318 g/mol. The molecule has 0 N–H and O–H groups in total. The number of aryl methyl sites for hydroxylation is 1. The normalized spacial score (nSPS) is 10.8. The van der Waals surface area contributed by atoms with Gasteiger partial charge in [0.25, 0.3) is 0 Å². The van der Waals surface area contributed by atoms with Crippen LogP contribution in [0.3, 0.4) is 0 Å². The lowest BCUT2D eigenvalue weighted by Gasteiger charge is -2.09. The molecule has 2 aromatic carbocycles. The first-order valence-corrected chi connectivity index (χ1v) is 7.32. The summed E-state index contributed by atoms with van der Waals surface area (Å²) in [7, 11) is 0. The van der Waals surface area contributed by atoms with Crippen molar-refractivity contribution in [3.8, 4) is 5.88 Å². The molecule has 0 fully saturated rings. The van der Waals surface area contributed by atoms with E-state index in [0.717, 1.165) is 22.0 Å². The molecule has 4 heteroatoms. The number of halogens is 2. The van der Waals surface area contributed by atoms with Crippen molar-refractivity contribution in [2.45, 2.75) is 13.5 Å². The number of rotatable bonds is 3. The number of benzene rings is 2. The van der Waals surface area contributed by atoms with Crippen LogP contribution in [-0.2, 0) is 6.61 Å². The fourth-order valence-corrected chi connectivity index (χ4v) is 2.65. The van der Waals surface area contributed by atoms with Gasteiger partial charge in [-0.15, -0.1) is 0 Å². The number of hydrogen-bond donors (Lipinski definition) is 0. The molecule has 0 aliphatic rings. The highest BCUT2D eigenvalue weighted by molar-refractivity contribution is 6.35. The van der Waals surface area contributed by atoms with Crippen LogP contribution < -0.4 is 4.74 Å². The van der Waals surface area contributed by atoms with Crippen molar-refractivity contribution in [3.05, 3.63) is 69.7 Å². The van der Waals surface area contributed by atoms with Gasteiger partial charge in [-0.2, -0.15) is 0 Å². The SMILES string of the molecule is Cc1cc(OCc2ccc(Cl)cc2Cl)nc2ccccc12. The molecule has 0 bridgehead atoms. The van der Waals surface area contributed by atoms with Crippen molar-refractivity contribution in [3.63, 3.8) is 0 Å². The van der Waals surface area contributed by atoms with E-state index in [4.69, 9.17) is 27.9 Å². The van der Waals surface area contributed by atoms with Crippen molar-refractivity contribution in [1.82, 2.24) is 4.98 Å². The number of para-hydroxylation sites is 1. The Morgan fingerprint density at radius 3 is 2.67 bits per heavy atom. The van der Waals surface area contributed by atoms with Crippen molar-refractivity contribution >= 4 is 34.1 Å². The Morgan fingerprint density at radius 2 is 1.86 bits per heavy atom. The molecule has 3 rings (SSSR count). The molecule has 0 atom stereocenters. The summed E-state index contributed by atoms with van der Waals surface area (Å²) in [5, 5.41) is 2.35. The van der Waals surface area contributed by atoms with E-state index in [1.54, 1.807) is 12.1 Å². The molecule has 0 aliphatic carbocycles. The number of hydrogen-bond acceptors (Lipinski definition) is 2. The topological polar surface area (TPSA) is 22.1 Å². The standard InChI is InChI=1S/C17H13Cl2NO/c1-11-8-17(20-16-5-3-2-4-14(11)16)21-10-12-6-7-13(18)9-15(12)19/h2-9H,10H2,1H3. The van der Waals surface area contributed by atoms with Gasteiger partial charge in [0.05, 0.1) is 5.52 Å². The van der Waals surface area contributed by atoms with Crippen LogP contribution in [0.15, 0.2) is 48.5 Å². The molecule has 106 valence electrons. The second kappa shape index (κ2) is 5.92. The van der Waals surface area contributed by atoms with E-state index in [2.05, 4.69) is 11.1 Å². The molecule has 2 nitrogen and oxygen atoms in total. The molecule has 0 spiro atoms. The summed E-state index contributed by atoms with van der Waals surface area (Å²) >= 11 is 12.0. The van der Waals surface area contributed by atoms with Gasteiger partial charge < -0.3 is 4.74 Å². The Labute approximate surface area is 133 Å². The third-order valence-electron chi connectivity index (χ3n) is 3.29. The number of aromatic nitrogens is 1. The van der Waals surface area contributed by atoms with Gasteiger partial charge in [-0.25, -0.2) is 4.98 Å². The Morgan fingerprint density at radius 1 is 1.05 bits per heavy atom. The lowest BCUT2D eigenvalue weighted by molar-refractivity contribution is 0.295. The summed E-state index contributed by atoms with van der Waals surface area (Å²) in [5.41, 5.74) is 2.95. The minimum Gasteiger partial charge on any atom is -0.473 e. The Bertz CT molecular complexity index is 802. The minimum atomic E-state index is 0.362. The zero-order chi connectivity index (χ0) is 14.8. The van der Waals surface area contributed by atoms with Gasteiger partial charge in [0.15, 0.2) is 0 Å². The number of ether oxygens (including phenoxy) is 1. The first-order chi connectivity index (χ1) is 10.1. The van der Waals surface area contributed by atoms with Crippen molar-refractivity contribution in [2.75, 3.05) is 0 Å². The molecule has 0 radical (unpaired) electrons. The molecule has 3 aromatic rings. The molecular weight excluding hydrogens is 305 g/mol. The largest absolute Gasteiger partial charge is 0.473 e. The molecule has 0 saturated heterocycles. The van der Waals surface area contributed by atoms with Crippen LogP contribution >= 0.6 is 23.2 Å². The second-order valence-electron chi connectivity index (χ2n) is 4.82. The van der Waals surface area contributed by atoms with Crippen molar-refractivity contribution in [2.24, 2.45) is 0 Å². The van der Waals surface area contributed by atoms with Crippen LogP contribution in [0.5, 0.6) is 5.88 Å². The molecule has 0 unspecified atom stereocenters. The predicted molar refractivity (Wildman–Crippen MR) is 87.3 cm³/mol. The quantitative estimate of drug-likeness (QED) is 0.642. The highest BCUT2D eigenvalue weighted by Gasteiger charge is 2.06. The van der Waals surface area contributed by atoms with Crippen LogP contribution in [-0.4, -0.2) is 4.98 Å². The maximum atomic E-state index is 6.14. The molecule has 21 heavy (non-hydrogen) atoms. The van der Waals surface area contributed by atoms with Gasteiger partial charge in [0, 0.05) is 27.1 Å². The van der Waals surface area contributed by atoms with E-state index < -0.39 is 0 Å². The van der Waals surface area contributed by atoms with E-state index in [9.17, 15) is 0 Å². The van der Waals surface area contributed by atoms with E-state index in [1.165, 1.54) is 0 Å². The van der Waals surface area contributed by atoms with Crippen LogP contribution in [0.4, 0.5) is 0 Å². The molecule has 0 amide bonds. The van der Waals surface area contributed by atoms with Crippen LogP contribution in [0.1, 0.15) is 11.1 Å². The highest BCUT2D eigenvalue weighted by atomic mass is 35.5. The third-order valence-corrected chi connectivity index (χ3v) is 3.88. The van der Waals surface area contributed by atoms with Gasteiger partial charge >= 0.3 is 0 Å². The highest BCUT2D eigenvalue weighted by Crippen LogP contribution is 2.24. The lowest BCUT2D eigenvalue weighted by Crippen LogP contribution is -1.99. The fraction of sp³-hybridized carbons (Fsp3) is 0.118. The molecule has 0 saturated carbocycles. The fourth-order valence-electron chi connectivity index (χ4n) is 2.18. The Kier molecular flexibility index (Phi) is 4.00. The number of fused-ring (bicyclic) bond motifs is 1. The van der Waals surface area contributed by atoms with Gasteiger partial charge in [-0.1, -0.05) is 47.5 Å². The average Bonchev–Trinajstić information content (AvgIpc) is 2.46. The minimum absolute atomic E-state index is 0.362. The summed E-state index contributed by atoms with van der Waals surface area (Å²) in [5.74, 6) is 0.595. The smallest absolute Gasteiger partial charge is 0.214 e. The van der Waals surface area contributed by atoms with Gasteiger partial charge in [0.2, 0.25) is 5.88 Å². The number of pyridine rings is 1. The zero-order valence-electron chi connectivity index (χ0n) is 11.4. The van der Waals surface area contributed by atoms with Crippen LogP contribution in [0.25, 0.3) is 10.9 Å². The van der Waals surface area contributed by atoms with E-state index >= 15 is 0 Å². The maximum absolute atomic E-state index is 6.14. The predicted octanol–water partition coefficient (Wildman–Crippen LogP) is 5.43. The van der Waals surface area contributed by atoms with Gasteiger partial charge in [-0.3, -0.25) is 0 Å². The van der Waals surface area contributed by atoms with Gasteiger partial charge in [-0.05, 0) is 30.7 Å². The maximum Gasteiger partial charge on any atom is 0.214 e. The summed E-state index contributed by atoms with van der Waals surface area (Å²) < 4.78 is 5.76. The molecule has 1 aromatic heterocycles. The van der Waals surface area contributed by atoms with E-state index in [-0.39, 0.29) is 0 Å². The Hall–Kier alpha value is -1.77. The first kappa shape index (κ1) is 14.2. The molecular formula is C17H13Cl2NO. The molecule has 1 heterocycles. The lowest BCUT2D eigenvalue weighted by atomic mass is 10.1. The van der Waals surface area contributed by atoms with E-state index in [0.29, 0.717) is 22.5 Å². The first-order valence-electron chi connectivity index (χ1n) is 6.56. The van der Waals surface area contributed by atoms with Crippen LogP contribution in [0, 0.1) is 6.92 Å². The van der Waals surface area contributed by atoms with Crippen LogP contribution in [0.2, 0.25) is 10.0 Å². The summed E-state index contributed by atoms with van der Waals surface area (Å²) in [6, 6.07) is 15.3. The molecule has 0 aliphatic heterocycles. The third kappa shape index (κ3) is 3.12. The van der Waals surface area contributed by atoms with E-state index in [1.807, 2.05) is 37.3 Å². The monoisotopic (exact) mass is 317 g/mol. The van der Waals surface area contributed by atoms with Crippen molar-refractivity contribution in [1.29, 1.82) is 0 Å². The summed E-state index contributed by atoms with van der Waals surface area (Å²) in [4.78, 5) is 4.51. The number of nitrogens with zero attached hydrogens (tertiary/aromatic N) is 1. The summed E-state index contributed by atoms with van der Waals surface area (Å²) in [6.45, 7) is 2.41. The summed E-state index contributed by atoms with van der Waals surface area (Å²) in [6.07, 6.45) is 0. The Balaban J connectivity index is 1.85.